The number of benzene rings is 1. The molecule has 2 aliphatic carbocycles. The summed E-state index contributed by atoms with van der Waals surface area (Å²) >= 11 is 7.02. The van der Waals surface area contributed by atoms with Gasteiger partial charge in [0.15, 0.2) is 0 Å². The normalized spacial score (nSPS) is 30.1. The molecule has 0 spiro atoms. The minimum atomic E-state index is -0.105. The Morgan fingerprint density at radius 1 is 1.11 bits per heavy atom. The molecule has 2 saturated heterocycles. The Bertz CT molecular complexity index is 1050. The molecule has 2 bridgehead atoms. The van der Waals surface area contributed by atoms with Crippen molar-refractivity contribution in [1.29, 1.82) is 0 Å². The number of halogens is 1. The summed E-state index contributed by atoms with van der Waals surface area (Å²) in [5.74, 6) is 0. The summed E-state index contributed by atoms with van der Waals surface area (Å²) in [4.78, 5) is 2.56. The van der Waals surface area contributed by atoms with E-state index in [4.69, 9.17) is 11.6 Å². The lowest BCUT2D eigenvalue weighted by molar-refractivity contribution is 0.0410. The minimum absolute atomic E-state index is 0.105. The van der Waals surface area contributed by atoms with Crippen LogP contribution in [0, 0.1) is 19.3 Å². The van der Waals surface area contributed by atoms with Gasteiger partial charge in [0.05, 0.1) is 10.9 Å². The van der Waals surface area contributed by atoms with Gasteiger partial charge in [-0.2, -0.15) is 0 Å². The van der Waals surface area contributed by atoms with Gasteiger partial charge < -0.3 is 10.2 Å². The first kappa shape index (κ1) is 26.1. The molecule has 2 heterocycles. The number of rotatable bonds is 9. The molecule has 4 atom stereocenters. The lowest BCUT2D eigenvalue weighted by Gasteiger charge is -2.57. The highest BCUT2D eigenvalue weighted by molar-refractivity contribution is 6.21. The summed E-state index contributed by atoms with van der Waals surface area (Å²) < 4.78 is 0. The topological polar surface area (TPSA) is 15.3 Å². The standard InChI is InChI=1S/C32H45ClN2/c1-22-8-10-28(18-24(22)3)11-9-27(6)35-21-32(17-14-29(35)19-30(32)33)34-26(5)13-16-31(7)15-12-23(2)25(4)20-31/h8,10,12,18,20,29-30,34H,5-6,9,11,13-17,19,21H2,1-4,7H3. The minimum Gasteiger partial charge on any atom is -0.380 e. The molecule has 2 nitrogen and oxygen atoms in total. The van der Waals surface area contributed by atoms with Crippen molar-refractivity contribution in [2.45, 2.75) is 103 Å². The average molecular weight is 493 g/mol. The van der Waals surface area contributed by atoms with Crippen LogP contribution in [0.1, 0.15) is 82.4 Å². The zero-order valence-corrected chi connectivity index (χ0v) is 23.4. The summed E-state index contributed by atoms with van der Waals surface area (Å²) in [5.41, 5.74) is 9.46. The molecule has 4 unspecified atom stereocenters. The molecule has 1 aromatic rings. The van der Waals surface area contributed by atoms with Crippen LogP contribution >= 0.6 is 11.6 Å². The van der Waals surface area contributed by atoms with Crippen LogP contribution < -0.4 is 5.32 Å². The highest BCUT2D eigenvalue weighted by atomic mass is 35.5. The number of piperidine rings is 2. The Kier molecular flexibility index (Phi) is 7.62. The monoisotopic (exact) mass is 492 g/mol. The van der Waals surface area contributed by atoms with Crippen molar-refractivity contribution in [1.82, 2.24) is 10.2 Å². The van der Waals surface area contributed by atoms with Crippen molar-refractivity contribution in [3.8, 4) is 0 Å². The van der Waals surface area contributed by atoms with E-state index >= 15 is 0 Å². The van der Waals surface area contributed by atoms with Crippen LogP contribution in [0.15, 0.2) is 66.0 Å². The molecule has 0 radical (unpaired) electrons. The molecule has 35 heavy (non-hydrogen) atoms. The van der Waals surface area contributed by atoms with E-state index in [1.165, 1.54) is 40.0 Å². The molecule has 2 aliphatic heterocycles. The third-order valence-corrected chi connectivity index (χ3v) is 9.66. The SMILES string of the molecule is C=C(CCC1(C)C=C(C)C(C)=CC1)NC12CCC(CC1Cl)N(C(=C)CCc1ccc(C)c(C)c1)C2. The molecule has 1 saturated carbocycles. The van der Waals surface area contributed by atoms with E-state index in [0.29, 0.717) is 6.04 Å². The van der Waals surface area contributed by atoms with Crippen molar-refractivity contribution < 1.29 is 0 Å². The van der Waals surface area contributed by atoms with Crippen LogP contribution in [0.5, 0.6) is 0 Å². The number of nitrogens with one attached hydrogen (secondary N) is 1. The van der Waals surface area contributed by atoms with Crippen molar-refractivity contribution in [2.75, 3.05) is 6.54 Å². The van der Waals surface area contributed by atoms with E-state index < -0.39 is 0 Å². The number of nitrogens with zero attached hydrogens (tertiary/aromatic N) is 1. The van der Waals surface area contributed by atoms with Gasteiger partial charge in [-0.15, -0.1) is 11.6 Å². The van der Waals surface area contributed by atoms with Gasteiger partial charge in [-0.05, 0) is 101 Å². The summed E-state index contributed by atoms with van der Waals surface area (Å²) in [5, 5.41) is 4.01. The van der Waals surface area contributed by atoms with Crippen molar-refractivity contribution >= 4 is 11.6 Å². The quantitative estimate of drug-likeness (QED) is 0.350. The van der Waals surface area contributed by atoms with Gasteiger partial charge in [0, 0.05) is 24.0 Å². The van der Waals surface area contributed by atoms with E-state index in [2.05, 4.69) is 88.3 Å². The summed E-state index contributed by atoms with van der Waals surface area (Å²) in [6.07, 6.45) is 13.4. The van der Waals surface area contributed by atoms with Gasteiger partial charge in [0.1, 0.15) is 0 Å². The van der Waals surface area contributed by atoms with Gasteiger partial charge >= 0.3 is 0 Å². The Morgan fingerprint density at radius 3 is 2.57 bits per heavy atom. The molecule has 3 fully saturated rings. The van der Waals surface area contributed by atoms with Crippen LogP contribution in [-0.2, 0) is 6.42 Å². The predicted octanol–water partition coefficient (Wildman–Crippen LogP) is 8.15. The van der Waals surface area contributed by atoms with E-state index in [0.717, 1.165) is 57.2 Å². The van der Waals surface area contributed by atoms with Gasteiger partial charge in [0.2, 0.25) is 0 Å². The number of hydrogen-bond acceptors (Lipinski definition) is 2. The third-order valence-electron chi connectivity index (χ3n) is 9.06. The highest BCUT2D eigenvalue weighted by Gasteiger charge is 2.51. The van der Waals surface area contributed by atoms with Crippen LogP contribution in [-0.4, -0.2) is 28.4 Å². The number of alkyl halides is 1. The number of fused-ring (bicyclic) bond motifs is 3. The van der Waals surface area contributed by atoms with Gasteiger partial charge in [-0.3, -0.25) is 0 Å². The molecule has 1 aromatic carbocycles. The number of allylic oxidation sites excluding steroid dienone is 6. The molecule has 3 heteroatoms. The van der Waals surface area contributed by atoms with E-state index in [1.54, 1.807) is 0 Å². The van der Waals surface area contributed by atoms with E-state index in [1.807, 2.05) is 0 Å². The second-order valence-corrected chi connectivity index (χ2v) is 12.5. The van der Waals surface area contributed by atoms with Crippen molar-refractivity contribution in [2.24, 2.45) is 5.41 Å². The zero-order chi connectivity index (χ0) is 25.4. The molecule has 4 aliphatic rings. The van der Waals surface area contributed by atoms with Crippen LogP contribution in [0.25, 0.3) is 0 Å². The van der Waals surface area contributed by atoms with Crippen molar-refractivity contribution in [3.05, 3.63) is 82.7 Å². The van der Waals surface area contributed by atoms with Crippen LogP contribution in [0.3, 0.4) is 0 Å². The molecule has 5 rings (SSSR count). The molecule has 1 N–H and O–H groups in total. The Balaban J connectivity index is 1.35. The molecule has 0 amide bonds. The molecular formula is C32H45ClN2. The Morgan fingerprint density at radius 2 is 1.89 bits per heavy atom. The highest BCUT2D eigenvalue weighted by Crippen LogP contribution is 2.44. The second-order valence-electron chi connectivity index (χ2n) is 12.0. The first-order valence-electron chi connectivity index (χ1n) is 13.5. The fourth-order valence-corrected chi connectivity index (χ4v) is 6.71. The van der Waals surface area contributed by atoms with Crippen LogP contribution in [0.4, 0.5) is 0 Å². The summed E-state index contributed by atoms with van der Waals surface area (Å²) in [7, 11) is 0. The van der Waals surface area contributed by atoms with Crippen molar-refractivity contribution in [3.63, 3.8) is 0 Å². The smallest absolute Gasteiger partial charge is 0.0709 e. The Hall–Kier alpha value is -1.93. The Labute approximate surface area is 219 Å². The summed E-state index contributed by atoms with van der Waals surface area (Å²) in [6, 6.07) is 7.35. The second kappa shape index (κ2) is 10.2. The lowest BCUT2D eigenvalue weighted by Crippen LogP contribution is -2.68. The third kappa shape index (κ3) is 5.74. The maximum atomic E-state index is 7.02. The fraction of sp³-hybridized carbons (Fsp3) is 0.562. The first-order chi connectivity index (χ1) is 16.5. The number of aryl methyl sites for hydroxylation is 3. The van der Waals surface area contributed by atoms with E-state index in [9.17, 15) is 0 Å². The summed E-state index contributed by atoms with van der Waals surface area (Å²) in [6.45, 7) is 21.1. The van der Waals surface area contributed by atoms with Gasteiger partial charge in [-0.1, -0.05) is 61.6 Å². The van der Waals surface area contributed by atoms with E-state index in [-0.39, 0.29) is 16.3 Å². The maximum Gasteiger partial charge on any atom is 0.0709 e. The fourth-order valence-electron chi connectivity index (χ4n) is 6.27. The van der Waals surface area contributed by atoms with Crippen LogP contribution in [0.2, 0.25) is 0 Å². The lowest BCUT2D eigenvalue weighted by atomic mass is 9.72. The van der Waals surface area contributed by atoms with Gasteiger partial charge in [-0.25, -0.2) is 0 Å². The van der Waals surface area contributed by atoms with Gasteiger partial charge in [0.25, 0.3) is 0 Å². The molecule has 0 aromatic heterocycles. The zero-order valence-electron chi connectivity index (χ0n) is 22.6. The molecular weight excluding hydrogens is 448 g/mol. The molecule has 190 valence electrons. The predicted molar refractivity (Wildman–Crippen MR) is 152 cm³/mol. The average Bonchev–Trinajstić information content (AvgIpc) is 2.82. The first-order valence-corrected chi connectivity index (χ1v) is 13.9. The maximum absolute atomic E-state index is 7.02. The largest absolute Gasteiger partial charge is 0.380 e. The number of hydrogen-bond donors (Lipinski definition) is 1.